The summed E-state index contributed by atoms with van der Waals surface area (Å²) in [4.78, 5) is 10.7. The van der Waals surface area contributed by atoms with Crippen molar-refractivity contribution in [2.75, 3.05) is 6.61 Å². The van der Waals surface area contributed by atoms with Gasteiger partial charge in [-0.2, -0.15) is 0 Å². The lowest BCUT2D eigenvalue weighted by molar-refractivity contribution is -0.111. The van der Waals surface area contributed by atoms with E-state index in [1.807, 2.05) is 24.3 Å². The van der Waals surface area contributed by atoms with Crippen molar-refractivity contribution in [3.8, 4) is 0 Å². The zero-order valence-electron chi connectivity index (χ0n) is 9.76. The van der Waals surface area contributed by atoms with Gasteiger partial charge in [0.15, 0.2) is 0 Å². The minimum atomic E-state index is -0.0199. The molecule has 2 rings (SSSR count). The fourth-order valence-electron chi connectivity index (χ4n) is 2.29. The monoisotopic (exact) mass is 231 g/mol. The first kappa shape index (κ1) is 11.9. The first-order chi connectivity index (χ1) is 8.36. The molecule has 0 heterocycles. The summed E-state index contributed by atoms with van der Waals surface area (Å²) in [7, 11) is 0. The Balaban J connectivity index is 2.09. The summed E-state index contributed by atoms with van der Waals surface area (Å²) < 4.78 is 5.80. The Morgan fingerprint density at radius 3 is 3.06 bits per heavy atom. The largest absolute Gasteiger partial charge is 0.375 e. The van der Waals surface area contributed by atoms with E-state index in [1.165, 1.54) is 11.1 Å². The summed E-state index contributed by atoms with van der Waals surface area (Å²) in [6, 6.07) is 8.13. The van der Waals surface area contributed by atoms with Crippen LogP contribution in [0.2, 0.25) is 0 Å². The molecular formula is C14H17NO2. The van der Waals surface area contributed by atoms with Gasteiger partial charge in [-0.1, -0.05) is 30.3 Å². The lowest BCUT2D eigenvalue weighted by atomic mass is 10.1. The zero-order chi connectivity index (χ0) is 12.1. The van der Waals surface area contributed by atoms with Crippen molar-refractivity contribution in [2.24, 2.45) is 0 Å². The first-order valence-corrected chi connectivity index (χ1v) is 5.87. The molecule has 1 amide bonds. The zero-order valence-corrected chi connectivity index (χ0v) is 9.76. The van der Waals surface area contributed by atoms with E-state index in [0.29, 0.717) is 6.61 Å². The molecule has 0 saturated carbocycles. The third-order valence-electron chi connectivity index (χ3n) is 3.08. The molecule has 17 heavy (non-hydrogen) atoms. The maximum absolute atomic E-state index is 10.7. The highest BCUT2D eigenvalue weighted by molar-refractivity contribution is 5.50. The Morgan fingerprint density at radius 1 is 1.47 bits per heavy atom. The molecule has 1 N–H and O–H groups in total. The summed E-state index contributed by atoms with van der Waals surface area (Å²) in [5.41, 5.74) is 2.43. The molecule has 1 aromatic rings. The number of amides is 1. The standard InChI is InChI=1S/C14H17NO2/c1-2-3-8-17-13-9-11-6-4-5-7-12(11)14(13)15-10-16/h2,4-7,10,13-14H,1,3,8-9H2,(H,15,16)/t13-,14+/m0/s1. The highest BCUT2D eigenvalue weighted by atomic mass is 16.5. The normalized spacial score (nSPS) is 21.9. The van der Waals surface area contributed by atoms with Crippen LogP contribution >= 0.6 is 0 Å². The predicted octanol–water partition coefficient (Wildman–Crippen LogP) is 1.99. The Bertz CT molecular complexity index is 403. The lowest BCUT2D eigenvalue weighted by Gasteiger charge is -2.20. The Labute approximate surface area is 101 Å². The van der Waals surface area contributed by atoms with E-state index >= 15 is 0 Å². The molecule has 0 spiro atoms. The van der Waals surface area contributed by atoms with E-state index in [4.69, 9.17) is 4.74 Å². The van der Waals surface area contributed by atoms with Crippen molar-refractivity contribution in [2.45, 2.75) is 25.0 Å². The predicted molar refractivity (Wildman–Crippen MR) is 66.6 cm³/mol. The van der Waals surface area contributed by atoms with Gasteiger partial charge in [-0.25, -0.2) is 0 Å². The van der Waals surface area contributed by atoms with Crippen molar-refractivity contribution in [1.82, 2.24) is 5.32 Å². The molecule has 0 saturated heterocycles. The van der Waals surface area contributed by atoms with Crippen molar-refractivity contribution in [3.63, 3.8) is 0 Å². The van der Waals surface area contributed by atoms with Crippen molar-refractivity contribution in [3.05, 3.63) is 48.0 Å². The van der Waals surface area contributed by atoms with Crippen molar-refractivity contribution in [1.29, 1.82) is 0 Å². The molecule has 90 valence electrons. The van der Waals surface area contributed by atoms with Gasteiger partial charge >= 0.3 is 0 Å². The Morgan fingerprint density at radius 2 is 2.29 bits per heavy atom. The third kappa shape index (κ3) is 2.56. The van der Waals surface area contributed by atoms with E-state index in [9.17, 15) is 4.79 Å². The molecule has 0 fully saturated rings. The molecule has 0 aliphatic heterocycles. The Hall–Kier alpha value is -1.61. The quantitative estimate of drug-likeness (QED) is 0.462. The number of carbonyl (C=O) groups is 1. The number of fused-ring (bicyclic) bond motifs is 1. The Kier molecular flexibility index (Phi) is 3.94. The molecule has 1 aliphatic carbocycles. The van der Waals surface area contributed by atoms with Gasteiger partial charge in [0, 0.05) is 6.42 Å². The molecule has 0 aromatic heterocycles. The van der Waals surface area contributed by atoms with Crippen molar-refractivity contribution < 1.29 is 9.53 Å². The highest BCUT2D eigenvalue weighted by Gasteiger charge is 2.32. The topological polar surface area (TPSA) is 38.3 Å². The lowest BCUT2D eigenvalue weighted by Crippen LogP contribution is -2.30. The molecule has 0 bridgehead atoms. The SMILES string of the molecule is C=CCCO[C@H]1Cc2ccccc2[C@H]1NC=O. The smallest absolute Gasteiger partial charge is 0.207 e. The van der Waals surface area contributed by atoms with Gasteiger partial charge in [-0.3, -0.25) is 4.79 Å². The van der Waals surface area contributed by atoms with Crippen LogP contribution in [-0.2, 0) is 16.0 Å². The number of benzene rings is 1. The van der Waals surface area contributed by atoms with E-state index in [1.54, 1.807) is 0 Å². The van der Waals surface area contributed by atoms with Crippen LogP contribution in [0, 0.1) is 0 Å². The van der Waals surface area contributed by atoms with Crippen LogP contribution < -0.4 is 5.32 Å². The molecule has 3 nitrogen and oxygen atoms in total. The van der Waals surface area contributed by atoms with Crippen LogP contribution in [0.15, 0.2) is 36.9 Å². The highest BCUT2D eigenvalue weighted by Crippen LogP contribution is 2.32. The molecule has 3 heteroatoms. The molecule has 1 aromatic carbocycles. The number of rotatable bonds is 6. The van der Waals surface area contributed by atoms with Gasteiger partial charge in [-0.15, -0.1) is 6.58 Å². The number of hydrogen-bond donors (Lipinski definition) is 1. The maximum Gasteiger partial charge on any atom is 0.207 e. The fraction of sp³-hybridized carbons (Fsp3) is 0.357. The summed E-state index contributed by atoms with van der Waals surface area (Å²) >= 11 is 0. The van der Waals surface area contributed by atoms with Gasteiger partial charge in [-0.05, 0) is 17.5 Å². The second kappa shape index (κ2) is 5.64. The third-order valence-corrected chi connectivity index (χ3v) is 3.08. The molecule has 0 radical (unpaired) electrons. The summed E-state index contributed by atoms with van der Waals surface area (Å²) in [5, 5.41) is 2.85. The molecule has 1 aliphatic rings. The van der Waals surface area contributed by atoms with Gasteiger partial charge in [0.1, 0.15) is 0 Å². The van der Waals surface area contributed by atoms with E-state index in [2.05, 4.69) is 18.0 Å². The summed E-state index contributed by atoms with van der Waals surface area (Å²) in [6.07, 6.45) is 4.32. The maximum atomic E-state index is 10.7. The van der Waals surface area contributed by atoms with Crippen LogP contribution in [0.3, 0.4) is 0 Å². The number of carbonyl (C=O) groups excluding carboxylic acids is 1. The summed E-state index contributed by atoms with van der Waals surface area (Å²) in [5.74, 6) is 0. The van der Waals surface area contributed by atoms with Crippen LogP contribution in [0.1, 0.15) is 23.6 Å². The van der Waals surface area contributed by atoms with Crippen molar-refractivity contribution >= 4 is 6.41 Å². The fourth-order valence-corrected chi connectivity index (χ4v) is 2.29. The molecular weight excluding hydrogens is 214 g/mol. The van der Waals surface area contributed by atoms with Crippen LogP contribution in [0.25, 0.3) is 0 Å². The average molecular weight is 231 g/mol. The first-order valence-electron chi connectivity index (χ1n) is 5.87. The second-order valence-electron chi connectivity index (χ2n) is 4.15. The van der Waals surface area contributed by atoms with Gasteiger partial charge in [0.2, 0.25) is 6.41 Å². The van der Waals surface area contributed by atoms with Gasteiger partial charge < -0.3 is 10.1 Å². The molecule has 2 atom stereocenters. The molecule has 0 unspecified atom stereocenters. The van der Waals surface area contributed by atoms with Crippen LogP contribution in [0.4, 0.5) is 0 Å². The van der Waals surface area contributed by atoms with E-state index < -0.39 is 0 Å². The second-order valence-corrected chi connectivity index (χ2v) is 4.15. The van der Waals surface area contributed by atoms with Crippen LogP contribution in [0.5, 0.6) is 0 Å². The number of ether oxygens (including phenoxy) is 1. The van der Waals surface area contributed by atoms with E-state index in [0.717, 1.165) is 19.3 Å². The minimum Gasteiger partial charge on any atom is -0.375 e. The van der Waals surface area contributed by atoms with E-state index in [-0.39, 0.29) is 12.1 Å². The van der Waals surface area contributed by atoms with Gasteiger partial charge in [0.05, 0.1) is 18.8 Å². The average Bonchev–Trinajstić information content (AvgIpc) is 2.69. The summed E-state index contributed by atoms with van der Waals surface area (Å²) in [6.45, 7) is 4.32. The minimum absolute atomic E-state index is 0.0199. The number of nitrogens with one attached hydrogen (secondary N) is 1. The number of hydrogen-bond acceptors (Lipinski definition) is 2. The van der Waals surface area contributed by atoms with Crippen LogP contribution in [-0.4, -0.2) is 19.1 Å². The van der Waals surface area contributed by atoms with Gasteiger partial charge in [0.25, 0.3) is 0 Å².